The van der Waals surface area contributed by atoms with Crippen molar-refractivity contribution >= 4 is 144 Å². The number of benzene rings is 9. The number of anilines is 6. The zero-order valence-electron chi connectivity index (χ0n) is 36.4. The van der Waals surface area contributed by atoms with Crippen molar-refractivity contribution in [3.63, 3.8) is 0 Å². The van der Waals surface area contributed by atoms with Gasteiger partial charge in [0.15, 0.2) is 0 Å². The Balaban J connectivity index is 0.933. The molecule has 0 aliphatic heterocycles. The Kier molecular flexibility index (Phi) is 7.84. The van der Waals surface area contributed by atoms with Crippen molar-refractivity contribution in [3.8, 4) is 0 Å². The summed E-state index contributed by atoms with van der Waals surface area (Å²) in [5, 5.41) is 14.6. The van der Waals surface area contributed by atoms with Gasteiger partial charge < -0.3 is 18.2 Å². The molecule has 0 spiro atoms. The molecule has 0 amide bonds. The molecule has 15 rings (SSSR count). The Bertz CT molecular complexity index is 4320. The molecule has 9 aromatic carbocycles. The third-order valence-electron chi connectivity index (χ3n) is 13.6. The van der Waals surface area contributed by atoms with E-state index in [1.54, 1.807) is 12.4 Å². The van der Waals surface area contributed by atoms with Crippen LogP contribution in [0.1, 0.15) is 0 Å². The summed E-state index contributed by atoms with van der Waals surface area (Å²) in [5.74, 6) is 0.686. The highest BCUT2D eigenvalue weighted by Crippen LogP contribution is 2.47. The summed E-state index contributed by atoms with van der Waals surface area (Å²) < 4.78 is 19.5. The molecule has 6 heterocycles. The van der Waals surface area contributed by atoms with Crippen LogP contribution in [-0.4, -0.2) is 24.9 Å². The molecule has 6 aromatic heterocycles. The average molecular weight is 888 g/mol. The van der Waals surface area contributed by atoms with Crippen molar-refractivity contribution in [3.05, 3.63) is 201 Å². The summed E-state index contributed by atoms with van der Waals surface area (Å²) in [5.41, 5.74) is 8.40. The summed E-state index contributed by atoms with van der Waals surface area (Å²) in [6.07, 6.45) is 6.62. The summed E-state index contributed by atoms with van der Waals surface area (Å²) >= 11 is 0. The van der Waals surface area contributed by atoms with Crippen LogP contribution in [0.15, 0.2) is 214 Å². The van der Waals surface area contributed by atoms with Crippen molar-refractivity contribution in [1.29, 1.82) is 0 Å². The Morgan fingerprint density at radius 1 is 0.319 bits per heavy atom. The second kappa shape index (κ2) is 14.4. The predicted octanol–water partition coefficient (Wildman–Crippen LogP) is 15.9. The molecule has 69 heavy (non-hydrogen) atoms. The van der Waals surface area contributed by atoms with Gasteiger partial charge in [-0.2, -0.15) is 4.98 Å². The van der Waals surface area contributed by atoms with E-state index in [0.29, 0.717) is 34.1 Å². The van der Waals surface area contributed by atoms with Gasteiger partial charge in [-0.1, -0.05) is 97.1 Å². The molecule has 0 saturated heterocycles. The van der Waals surface area contributed by atoms with Crippen LogP contribution in [0.5, 0.6) is 0 Å². The number of rotatable bonds is 6. The maximum Gasteiger partial charge on any atom is 0.230 e. The van der Waals surface area contributed by atoms with Crippen LogP contribution >= 0.6 is 0 Å². The lowest BCUT2D eigenvalue weighted by Crippen LogP contribution is -2.12. The molecular weight excluding hydrogens is 855 g/mol. The van der Waals surface area contributed by atoms with E-state index < -0.39 is 0 Å². The topological polar surface area (TPSA) is 110 Å². The van der Waals surface area contributed by atoms with E-state index in [-0.39, 0.29) is 0 Å². The molecule has 0 saturated carbocycles. The van der Waals surface area contributed by atoms with Gasteiger partial charge in [-0.3, -0.25) is 4.90 Å². The second-order valence-corrected chi connectivity index (χ2v) is 17.3. The number of furan rings is 3. The van der Waals surface area contributed by atoms with Gasteiger partial charge >= 0.3 is 0 Å². The first-order valence-electron chi connectivity index (χ1n) is 22.7. The van der Waals surface area contributed by atoms with Crippen LogP contribution in [0.3, 0.4) is 0 Å². The van der Waals surface area contributed by atoms with E-state index >= 15 is 0 Å². The lowest BCUT2D eigenvalue weighted by atomic mass is 9.99. The lowest BCUT2D eigenvalue weighted by molar-refractivity contribution is 0.652. The second-order valence-electron chi connectivity index (χ2n) is 17.3. The van der Waals surface area contributed by atoms with Crippen molar-refractivity contribution < 1.29 is 13.3 Å². The minimum atomic E-state index is 0.516. The van der Waals surface area contributed by atoms with E-state index in [0.717, 1.165) is 98.7 Å². The first-order chi connectivity index (χ1) is 34.2. The number of hydrogen-bond donors (Lipinski definition) is 0. The lowest BCUT2D eigenvalue weighted by Gasteiger charge is -2.27. The zero-order chi connectivity index (χ0) is 45.2. The molecule has 0 aliphatic rings. The number of hydrogen-bond acceptors (Lipinski definition) is 10. The van der Waals surface area contributed by atoms with Crippen molar-refractivity contribution in [2.45, 2.75) is 0 Å². The van der Waals surface area contributed by atoms with Gasteiger partial charge in [0.05, 0.1) is 27.8 Å². The third kappa shape index (κ3) is 5.69. The average Bonchev–Trinajstić information content (AvgIpc) is 4.09. The fraction of sp³-hybridized carbons (Fsp3) is 0. The van der Waals surface area contributed by atoms with Crippen LogP contribution in [0.4, 0.5) is 34.3 Å². The fourth-order valence-corrected chi connectivity index (χ4v) is 10.5. The molecule has 0 bridgehead atoms. The summed E-state index contributed by atoms with van der Waals surface area (Å²) in [6, 6.07) is 61.8. The van der Waals surface area contributed by atoms with Crippen LogP contribution in [0.25, 0.3) is 109 Å². The Morgan fingerprint density at radius 2 is 0.739 bits per heavy atom. The Labute approximate surface area is 390 Å². The van der Waals surface area contributed by atoms with Crippen molar-refractivity contribution in [2.75, 3.05) is 9.80 Å². The van der Waals surface area contributed by atoms with Gasteiger partial charge in [0, 0.05) is 74.3 Å². The van der Waals surface area contributed by atoms with E-state index in [2.05, 4.69) is 206 Å². The summed E-state index contributed by atoms with van der Waals surface area (Å²) in [6.45, 7) is 0. The Morgan fingerprint density at radius 3 is 1.28 bits per heavy atom. The van der Waals surface area contributed by atoms with Gasteiger partial charge in [0.2, 0.25) is 17.1 Å². The SMILES string of the molecule is c1ccc2c(c1)cc(N(c1ccc3c(c1)oc1ncncc13)c1ccc3c(c1)oc1nc(N(c4ccc5c(c4)oc4ncncc45)c4cc5ccccc5c5ccccc45)ccc13)c1ccccc12. The highest BCUT2D eigenvalue weighted by Gasteiger charge is 2.24. The minimum Gasteiger partial charge on any atom is -0.438 e. The largest absolute Gasteiger partial charge is 0.438 e. The summed E-state index contributed by atoms with van der Waals surface area (Å²) in [7, 11) is 0. The van der Waals surface area contributed by atoms with Gasteiger partial charge in [0.1, 0.15) is 35.2 Å². The number of aromatic nitrogens is 5. The molecule has 0 unspecified atom stereocenters. The quantitative estimate of drug-likeness (QED) is 0.150. The van der Waals surface area contributed by atoms with Crippen molar-refractivity contribution in [2.24, 2.45) is 0 Å². The van der Waals surface area contributed by atoms with Gasteiger partial charge in [-0.25, -0.2) is 19.9 Å². The third-order valence-corrected chi connectivity index (χ3v) is 13.6. The molecule has 0 aliphatic carbocycles. The van der Waals surface area contributed by atoms with Crippen molar-refractivity contribution in [1.82, 2.24) is 24.9 Å². The van der Waals surface area contributed by atoms with Crippen LogP contribution in [0, 0.1) is 0 Å². The maximum atomic E-state index is 6.88. The number of fused-ring (bicyclic) bond motifs is 15. The monoisotopic (exact) mass is 887 g/mol. The standard InChI is InChI=1S/C59H33N7O3/c1-3-11-39-34(9-1)25-51(43-15-7-5-13-41(39)43)65(37-18-21-46-49-30-60-32-62-57(49)67-54(46)28-37)36-17-20-45-48-23-24-56(64-59(48)69-53(45)27-36)66(38-19-22-47-50-31-61-33-63-58(50)68-55(47)29-38)52-26-35-10-2-4-12-40(35)42-14-6-8-16-44(42)52/h1-33H. The fourth-order valence-electron chi connectivity index (χ4n) is 10.5. The van der Waals surface area contributed by atoms with E-state index in [1.165, 1.54) is 23.4 Å². The first-order valence-corrected chi connectivity index (χ1v) is 22.7. The summed E-state index contributed by atoms with van der Waals surface area (Å²) in [4.78, 5) is 27.2. The predicted molar refractivity (Wildman–Crippen MR) is 277 cm³/mol. The minimum absolute atomic E-state index is 0.516. The van der Waals surface area contributed by atoms with Crippen LogP contribution in [0.2, 0.25) is 0 Å². The van der Waals surface area contributed by atoms with E-state index in [9.17, 15) is 0 Å². The van der Waals surface area contributed by atoms with Gasteiger partial charge in [-0.05, 0) is 93.0 Å². The van der Waals surface area contributed by atoms with E-state index in [4.69, 9.17) is 18.2 Å². The smallest absolute Gasteiger partial charge is 0.230 e. The molecule has 0 atom stereocenters. The number of pyridine rings is 1. The molecule has 10 heteroatoms. The molecule has 0 N–H and O–H groups in total. The Hall–Kier alpha value is -9.67. The van der Waals surface area contributed by atoms with E-state index in [1.807, 2.05) is 0 Å². The highest BCUT2D eigenvalue weighted by atomic mass is 16.3. The molecule has 15 aromatic rings. The molecule has 0 radical (unpaired) electrons. The molecule has 322 valence electrons. The highest BCUT2D eigenvalue weighted by molar-refractivity contribution is 6.17. The molecule has 10 nitrogen and oxygen atoms in total. The number of nitrogens with zero attached hydrogens (tertiary/aromatic N) is 7. The normalized spacial score (nSPS) is 12.1. The van der Waals surface area contributed by atoms with Gasteiger partial charge in [0.25, 0.3) is 0 Å². The first kappa shape index (κ1) is 37.5. The molecular formula is C59H33N7O3. The maximum absolute atomic E-state index is 6.88. The van der Waals surface area contributed by atoms with Gasteiger partial charge in [-0.15, -0.1) is 0 Å². The van der Waals surface area contributed by atoms with Crippen LogP contribution < -0.4 is 9.80 Å². The van der Waals surface area contributed by atoms with Crippen LogP contribution in [-0.2, 0) is 0 Å². The molecule has 0 fully saturated rings. The zero-order valence-corrected chi connectivity index (χ0v) is 36.4.